The maximum atomic E-state index is 11.6. The first kappa shape index (κ1) is 11.7. The largest absolute Gasteiger partial charge is 0.488 e. The third-order valence-corrected chi connectivity index (χ3v) is 2.98. The molecule has 0 fully saturated rings. The normalized spacial score (nSPS) is 16.9. The van der Waals surface area contributed by atoms with Crippen LogP contribution < -0.4 is 4.74 Å². The van der Waals surface area contributed by atoms with E-state index in [2.05, 4.69) is 0 Å². The van der Waals surface area contributed by atoms with E-state index >= 15 is 0 Å². The van der Waals surface area contributed by atoms with Crippen LogP contribution >= 0.6 is 0 Å². The summed E-state index contributed by atoms with van der Waals surface area (Å²) in [6.45, 7) is 0.362. The molecule has 0 radical (unpaired) electrons. The lowest BCUT2D eigenvalue weighted by atomic mass is 10.1. The fourth-order valence-corrected chi connectivity index (χ4v) is 2.05. The van der Waals surface area contributed by atoms with E-state index in [-0.39, 0.29) is 0 Å². The van der Waals surface area contributed by atoms with E-state index in [0.29, 0.717) is 23.5 Å². The molecule has 2 aromatic carbocycles. The van der Waals surface area contributed by atoms with Crippen molar-refractivity contribution in [1.29, 1.82) is 0 Å². The van der Waals surface area contributed by atoms with Crippen molar-refractivity contribution >= 4 is 5.97 Å². The summed E-state index contributed by atoms with van der Waals surface area (Å²) in [6.07, 6.45) is -1.19. The Morgan fingerprint density at radius 1 is 1.11 bits per heavy atom. The Bertz CT molecular complexity index is 607. The molecule has 0 bridgehead atoms. The third kappa shape index (κ3) is 2.18. The fourth-order valence-electron chi connectivity index (χ4n) is 2.05. The SMILES string of the molecule is O=C1OC(O)c2cccc(OCc3ccccc3)c21. The molecule has 0 spiro atoms. The topological polar surface area (TPSA) is 55.8 Å². The zero-order valence-corrected chi connectivity index (χ0v) is 10.1. The van der Waals surface area contributed by atoms with Crippen LogP contribution in [0.15, 0.2) is 48.5 Å². The molecule has 0 amide bonds. The summed E-state index contributed by atoms with van der Waals surface area (Å²) < 4.78 is 10.4. The lowest BCUT2D eigenvalue weighted by Gasteiger charge is -2.08. The van der Waals surface area contributed by atoms with Crippen LogP contribution in [0.3, 0.4) is 0 Å². The van der Waals surface area contributed by atoms with Gasteiger partial charge in [-0.25, -0.2) is 4.79 Å². The first-order valence-electron chi connectivity index (χ1n) is 5.94. The van der Waals surface area contributed by atoms with Crippen LogP contribution in [0, 0.1) is 0 Å². The minimum atomic E-state index is -1.19. The Morgan fingerprint density at radius 2 is 1.89 bits per heavy atom. The third-order valence-electron chi connectivity index (χ3n) is 2.98. The number of ether oxygens (including phenoxy) is 2. The van der Waals surface area contributed by atoms with E-state index in [1.807, 2.05) is 30.3 Å². The van der Waals surface area contributed by atoms with Gasteiger partial charge in [0.15, 0.2) is 0 Å². The van der Waals surface area contributed by atoms with Gasteiger partial charge in [0, 0.05) is 5.56 Å². The van der Waals surface area contributed by atoms with Crippen molar-refractivity contribution in [2.75, 3.05) is 0 Å². The first-order valence-corrected chi connectivity index (χ1v) is 5.94. The molecule has 1 heterocycles. The van der Waals surface area contributed by atoms with Gasteiger partial charge in [-0.15, -0.1) is 0 Å². The Morgan fingerprint density at radius 3 is 2.68 bits per heavy atom. The van der Waals surface area contributed by atoms with Crippen molar-refractivity contribution in [3.63, 3.8) is 0 Å². The average molecular weight is 256 g/mol. The lowest BCUT2D eigenvalue weighted by molar-refractivity contribution is -0.0547. The summed E-state index contributed by atoms with van der Waals surface area (Å²) in [4.78, 5) is 11.6. The molecule has 0 aromatic heterocycles. The van der Waals surface area contributed by atoms with Crippen molar-refractivity contribution in [2.24, 2.45) is 0 Å². The van der Waals surface area contributed by atoms with Crippen LogP contribution in [-0.2, 0) is 11.3 Å². The molecule has 0 saturated carbocycles. The molecule has 0 aliphatic carbocycles. The first-order chi connectivity index (χ1) is 9.25. The van der Waals surface area contributed by atoms with E-state index in [4.69, 9.17) is 9.47 Å². The van der Waals surface area contributed by atoms with Gasteiger partial charge in [0.25, 0.3) is 0 Å². The van der Waals surface area contributed by atoms with Crippen molar-refractivity contribution in [3.8, 4) is 5.75 Å². The summed E-state index contributed by atoms with van der Waals surface area (Å²) >= 11 is 0. The summed E-state index contributed by atoms with van der Waals surface area (Å²) in [5.41, 5.74) is 1.77. The monoisotopic (exact) mass is 256 g/mol. The summed E-state index contributed by atoms with van der Waals surface area (Å²) in [5.74, 6) is -0.117. The van der Waals surface area contributed by atoms with Gasteiger partial charge >= 0.3 is 5.97 Å². The number of hydrogen-bond acceptors (Lipinski definition) is 4. The summed E-state index contributed by atoms with van der Waals surface area (Å²) in [5, 5.41) is 9.56. The zero-order valence-electron chi connectivity index (χ0n) is 10.1. The van der Waals surface area contributed by atoms with Crippen molar-refractivity contribution < 1.29 is 19.4 Å². The molecule has 1 atom stereocenters. The Kier molecular flexibility index (Phi) is 2.93. The lowest BCUT2D eigenvalue weighted by Crippen LogP contribution is -2.02. The van der Waals surface area contributed by atoms with Gasteiger partial charge in [-0.2, -0.15) is 0 Å². The molecule has 0 saturated heterocycles. The van der Waals surface area contributed by atoms with Crippen LogP contribution in [0.25, 0.3) is 0 Å². The average Bonchev–Trinajstić information content (AvgIpc) is 2.74. The summed E-state index contributed by atoms with van der Waals surface area (Å²) in [7, 11) is 0. The van der Waals surface area contributed by atoms with Gasteiger partial charge in [-0.3, -0.25) is 0 Å². The van der Waals surface area contributed by atoms with Crippen molar-refractivity contribution in [3.05, 3.63) is 65.2 Å². The second kappa shape index (κ2) is 4.74. The van der Waals surface area contributed by atoms with E-state index < -0.39 is 12.3 Å². The number of fused-ring (bicyclic) bond motifs is 1. The minimum Gasteiger partial charge on any atom is -0.488 e. The molecule has 3 rings (SSSR count). The second-order valence-electron chi connectivity index (χ2n) is 4.25. The maximum absolute atomic E-state index is 11.6. The van der Waals surface area contributed by atoms with E-state index in [1.165, 1.54) is 0 Å². The highest BCUT2D eigenvalue weighted by Gasteiger charge is 2.32. The molecular weight excluding hydrogens is 244 g/mol. The van der Waals surface area contributed by atoms with Gasteiger partial charge in [0.05, 0.1) is 0 Å². The molecular formula is C15H12O4. The van der Waals surface area contributed by atoms with E-state index in [1.54, 1.807) is 18.2 Å². The van der Waals surface area contributed by atoms with Crippen LogP contribution in [0.2, 0.25) is 0 Å². The predicted molar refractivity (Wildman–Crippen MR) is 67.6 cm³/mol. The Labute approximate surface area is 110 Å². The zero-order chi connectivity index (χ0) is 13.2. The van der Waals surface area contributed by atoms with Crippen molar-refractivity contribution in [2.45, 2.75) is 12.9 Å². The number of benzene rings is 2. The smallest absolute Gasteiger partial charge is 0.345 e. The number of carbonyl (C=O) groups excluding carboxylic acids is 1. The van der Waals surface area contributed by atoms with Gasteiger partial charge in [0.2, 0.25) is 6.29 Å². The van der Waals surface area contributed by atoms with Crippen LogP contribution in [0.5, 0.6) is 5.75 Å². The molecule has 1 N–H and O–H groups in total. The highest BCUT2D eigenvalue weighted by Crippen LogP contribution is 2.35. The van der Waals surface area contributed by atoms with Crippen molar-refractivity contribution in [1.82, 2.24) is 0 Å². The second-order valence-corrected chi connectivity index (χ2v) is 4.25. The number of hydrogen-bond donors (Lipinski definition) is 1. The van der Waals surface area contributed by atoms with Gasteiger partial charge in [-0.05, 0) is 11.6 Å². The Balaban J connectivity index is 1.85. The molecule has 4 heteroatoms. The van der Waals surface area contributed by atoms with Gasteiger partial charge in [0.1, 0.15) is 17.9 Å². The molecule has 96 valence electrons. The highest BCUT2D eigenvalue weighted by atomic mass is 16.6. The fraction of sp³-hybridized carbons (Fsp3) is 0.133. The minimum absolute atomic E-state index is 0.311. The summed E-state index contributed by atoms with van der Waals surface area (Å²) in [6, 6.07) is 14.7. The molecule has 1 unspecified atom stereocenters. The number of aliphatic hydroxyl groups is 1. The molecule has 1 aliphatic rings. The van der Waals surface area contributed by atoms with Crippen LogP contribution in [-0.4, -0.2) is 11.1 Å². The number of aliphatic hydroxyl groups excluding tert-OH is 1. The molecule has 19 heavy (non-hydrogen) atoms. The predicted octanol–water partition coefficient (Wildman–Crippen LogP) is 2.43. The highest BCUT2D eigenvalue weighted by molar-refractivity contribution is 5.96. The quantitative estimate of drug-likeness (QED) is 0.857. The van der Waals surface area contributed by atoms with Crippen LogP contribution in [0.1, 0.15) is 27.8 Å². The van der Waals surface area contributed by atoms with E-state index in [9.17, 15) is 9.90 Å². The molecule has 1 aliphatic heterocycles. The number of rotatable bonds is 3. The maximum Gasteiger partial charge on any atom is 0.345 e. The Hall–Kier alpha value is -2.33. The number of cyclic esters (lactones) is 1. The number of carbonyl (C=O) groups is 1. The molecule has 2 aromatic rings. The standard InChI is InChI=1S/C15H12O4/c16-14-11-7-4-8-12(13(11)15(17)19-14)18-9-10-5-2-1-3-6-10/h1-8,14,16H,9H2. The van der Waals surface area contributed by atoms with Gasteiger partial charge < -0.3 is 14.6 Å². The molecule has 4 nitrogen and oxygen atoms in total. The van der Waals surface area contributed by atoms with E-state index in [0.717, 1.165) is 5.56 Å². The number of esters is 1. The van der Waals surface area contributed by atoms with Crippen LogP contribution in [0.4, 0.5) is 0 Å². The van der Waals surface area contributed by atoms with Gasteiger partial charge in [-0.1, -0.05) is 42.5 Å².